The second-order valence-corrected chi connectivity index (χ2v) is 8.31. The summed E-state index contributed by atoms with van der Waals surface area (Å²) in [4.78, 5) is 21.3. The van der Waals surface area contributed by atoms with Gasteiger partial charge in [0.25, 0.3) is 5.91 Å². The predicted molar refractivity (Wildman–Crippen MR) is 130 cm³/mol. The van der Waals surface area contributed by atoms with Crippen molar-refractivity contribution < 1.29 is 18.7 Å². The molecule has 0 saturated heterocycles. The van der Waals surface area contributed by atoms with Gasteiger partial charge in [-0.15, -0.1) is 0 Å². The zero-order valence-corrected chi connectivity index (χ0v) is 19.8. The lowest BCUT2D eigenvalue weighted by Crippen LogP contribution is -2.14. The lowest BCUT2D eigenvalue weighted by Gasteiger charge is -2.21. The summed E-state index contributed by atoms with van der Waals surface area (Å²) >= 11 is 0. The Labute approximate surface area is 206 Å². The van der Waals surface area contributed by atoms with E-state index in [0.29, 0.717) is 11.4 Å². The van der Waals surface area contributed by atoms with Crippen LogP contribution in [0.2, 0.25) is 0 Å². The molecular weight excluding hydrogens is 468 g/mol. The summed E-state index contributed by atoms with van der Waals surface area (Å²) in [6.07, 6.45) is 11.1. The molecule has 1 amide bonds. The van der Waals surface area contributed by atoms with Gasteiger partial charge in [-0.2, -0.15) is 10.2 Å². The summed E-state index contributed by atoms with van der Waals surface area (Å²) in [6, 6.07) is 5.97. The Balaban J connectivity index is 0.000000967. The SMILES string of the molecule is CCO.O=C(Nc1cn(C2CCCCC2)nc1-c1ncc(F)cc1F)c1cccc(-c2cn[nH]c2)n1. The van der Waals surface area contributed by atoms with Gasteiger partial charge >= 0.3 is 0 Å². The van der Waals surface area contributed by atoms with Crippen molar-refractivity contribution in [2.24, 2.45) is 0 Å². The maximum Gasteiger partial charge on any atom is 0.274 e. The number of nitrogens with zero attached hydrogens (tertiary/aromatic N) is 5. The van der Waals surface area contributed by atoms with Gasteiger partial charge in [-0.1, -0.05) is 25.3 Å². The zero-order valence-electron chi connectivity index (χ0n) is 19.8. The number of pyridine rings is 2. The summed E-state index contributed by atoms with van der Waals surface area (Å²) < 4.78 is 29.7. The Morgan fingerprint density at radius 3 is 2.67 bits per heavy atom. The quantitative estimate of drug-likeness (QED) is 0.367. The van der Waals surface area contributed by atoms with Crippen LogP contribution in [0.1, 0.15) is 55.6 Å². The maximum absolute atomic E-state index is 14.6. The highest BCUT2D eigenvalue weighted by molar-refractivity contribution is 6.04. The number of amides is 1. The maximum atomic E-state index is 14.6. The molecule has 5 rings (SSSR count). The highest BCUT2D eigenvalue weighted by atomic mass is 19.1. The van der Waals surface area contributed by atoms with Gasteiger partial charge in [0.15, 0.2) is 5.82 Å². The summed E-state index contributed by atoms with van der Waals surface area (Å²) in [5.41, 5.74) is 1.82. The minimum atomic E-state index is -0.848. The average molecular weight is 496 g/mol. The second kappa shape index (κ2) is 11.6. The molecule has 4 heterocycles. The molecule has 1 fully saturated rings. The first kappa shape index (κ1) is 25.1. The van der Waals surface area contributed by atoms with E-state index in [0.717, 1.165) is 43.5 Å². The van der Waals surface area contributed by atoms with Gasteiger partial charge < -0.3 is 10.4 Å². The van der Waals surface area contributed by atoms with Crippen molar-refractivity contribution >= 4 is 11.6 Å². The number of carbonyl (C=O) groups is 1. The van der Waals surface area contributed by atoms with E-state index in [1.54, 1.807) is 48.4 Å². The molecule has 3 N–H and O–H groups in total. The van der Waals surface area contributed by atoms with Crippen molar-refractivity contribution in [3.63, 3.8) is 0 Å². The lowest BCUT2D eigenvalue weighted by atomic mass is 9.96. The van der Waals surface area contributed by atoms with E-state index in [2.05, 4.69) is 30.6 Å². The second-order valence-electron chi connectivity index (χ2n) is 8.31. The van der Waals surface area contributed by atoms with Crippen molar-refractivity contribution in [3.05, 3.63) is 66.4 Å². The first-order chi connectivity index (χ1) is 17.5. The molecule has 0 aliphatic heterocycles. The standard InChI is InChI=1S/C23H21F2N7O.C2H6O/c24-15-9-17(25)21(26-12-15)22-20(13-32(31-22)16-5-2-1-3-6-16)30-23(33)19-8-4-7-18(29-19)14-10-27-28-11-14;1-2-3/h4,7-13,16H,1-3,5-6H2,(H,27,28)(H,30,33);3H,2H2,1H3. The number of aromatic amines is 1. The van der Waals surface area contributed by atoms with Crippen molar-refractivity contribution in [3.8, 4) is 22.6 Å². The molecule has 0 bridgehead atoms. The fourth-order valence-corrected chi connectivity index (χ4v) is 4.08. The van der Waals surface area contributed by atoms with E-state index in [1.807, 2.05) is 0 Å². The fraction of sp³-hybridized carbons (Fsp3) is 0.320. The molecule has 4 aromatic heterocycles. The minimum absolute atomic E-state index is 0.124. The van der Waals surface area contributed by atoms with E-state index >= 15 is 0 Å². The third-order valence-corrected chi connectivity index (χ3v) is 5.74. The van der Waals surface area contributed by atoms with E-state index < -0.39 is 17.5 Å². The van der Waals surface area contributed by atoms with E-state index in [1.165, 1.54) is 6.42 Å². The van der Waals surface area contributed by atoms with Crippen molar-refractivity contribution in [2.45, 2.75) is 45.1 Å². The smallest absolute Gasteiger partial charge is 0.274 e. The Morgan fingerprint density at radius 1 is 1.19 bits per heavy atom. The molecule has 1 aliphatic rings. The largest absolute Gasteiger partial charge is 0.397 e. The molecule has 1 aliphatic carbocycles. The molecule has 4 aromatic rings. The van der Waals surface area contributed by atoms with Gasteiger partial charge in [-0.3, -0.25) is 14.6 Å². The van der Waals surface area contributed by atoms with Crippen LogP contribution in [0.5, 0.6) is 0 Å². The third kappa shape index (κ3) is 5.80. The van der Waals surface area contributed by atoms with Gasteiger partial charge in [0.1, 0.15) is 22.9 Å². The van der Waals surface area contributed by atoms with Gasteiger partial charge in [0.2, 0.25) is 0 Å². The number of rotatable bonds is 5. The van der Waals surface area contributed by atoms with Crippen LogP contribution in [-0.2, 0) is 0 Å². The molecule has 0 aromatic carbocycles. The van der Waals surface area contributed by atoms with E-state index in [9.17, 15) is 13.6 Å². The number of halogens is 2. The monoisotopic (exact) mass is 495 g/mol. The molecule has 0 unspecified atom stereocenters. The fourth-order valence-electron chi connectivity index (χ4n) is 4.08. The molecule has 0 atom stereocenters. The van der Waals surface area contributed by atoms with Crippen LogP contribution in [0.3, 0.4) is 0 Å². The van der Waals surface area contributed by atoms with Crippen molar-refractivity contribution in [1.82, 2.24) is 29.9 Å². The lowest BCUT2D eigenvalue weighted by molar-refractivity contribution is 0.102. The average Bonchev–Trinajstić information content (AvgIpc) is 3.56. The normalized spacial score (nSPS) is 13.7. The van der Waals surface area contributed by atoms with Crippen LogP contribution in [0.4, 0.5) is 14.5 Å². The molecule has 36 heavy (non-hydrogen) atoms. The van der Waals surface area contributed by atoms with Crippen LogP contribution >= 0.6 is 0 Å². The Bertz CT molecular complexity index is 1300. The third-order valence-electron chi connectivity index (χ3n) is 5.74. The van der Waals surface area contributed by atoms with Crippen LogP contribution in [0.25, 0.3) is 22.6 Å². The Morgan fingerprint density at radius 2 is 1.97 bits per heavy atom. The molecule has 0 radical (unpaired) electrons. The molecule has 1 saturated carbocycles. The van der Waals surface area contributed by atoms with Crippen LogP contribution in [-0.4, -0.2) is 47.6 Å². The Hall–Kier alpha value is -3.99. The van der Waals surface area contributed by atoms with E-state index in [-0.39, 0.29) is 29.7 Å². The van der Waals surface area contributed by atoms with Crippen molar-refractivity contribution in [1.29, 1.82) is 0 Å². The summed E-state index contributed by atoms with van der Waals surface area (Å²) in [5.74, 6) is -2.11. The summed E-state index contributed by atoms with van der Waals surface area (Å²) in [6.45, 7) is 1.93. The first-order valence-electron chi connectivity index (χ1n) is 11.8. The predicted octanol–water partition coefficient (Wildman–Crippen LogP) is 4.76. The van der Waals surface area contributed by atoms with Gasteiger partial charge in [-0.05, 0) is 31.9 Å². The van der Waals surface area contributed by atoms with Crippen LogP contribution in [0, 0.1) is 11.6 Å². The molecular formula is C25H27F2N7O2. The van der Waals surface area contributed by atoms with Crippen molar-refractivity contribution in [2.75, 3.05) is 11.9 Å². The number of aliphatic hydroxyl groups excluding tert-OH is 1. The van der Waals surface area contributed by atoms with Gasteiger partial charge in [0, 0.05) is 30.6 Å². The van der Waals surface area contributed by atoms with E-state index in [4.69, 9.17) is 5.11 Å². The zero-order chi connectivity index (χ0) is 25.5. The number of H-pyrrole nitrogens is 1. The molecule has 9 nitrogen and oxygen atoms in total. The van der Waals surface area contributed by atoms with Gasteiger partial charge in [0.05, 0.1) is 29.8 Å². The first-order valence-corrected chi connectivity index (χ1v) is 11.8. The molecule has 0 spiro atoms. The molecule has 11 heteroatoms. The van der Waals surface area contributed by atoms with Crippen LogP contribution < -0.4 is 5.32 Å². The number of nitrogens with one attached hydrogen (secondary N) is 2. The number of aliphatic hydroxyl groups is 1. The summed E-state index contributed by atoms with van der Waals surface area (Å²) in [5, 5.41) is 21.5. The Kier molecular flexibility index (Phi) is 8.11. The van der Waals surface area contributed by atoms with Gasteiger partial charge in [-0.25, -0.2) is 18.7 Å². The van der Waals surface area contributed by atoms with Crippen LogP contribution in [0.15, 0.2) is 49.1 Å². The number of hydrogen-bond donors (Lipinski definition) is 3. The summed E-state index contributed by atoms with van der Waals surface area (Å²) in [7, 11) is 0. The number of aromatic nitrogens is 6. The minimum Gasteiger partial charge on any atom is -0.397 e. The number of anilines is 1. The molecule has 188 valence electrons. The highest BCUT2D eigenvalue weighted by Gasteiger charge is 2.24. The number of hydrogen-bond acceptors (Lipinski definition) is 6. The topological polar surface area (TPSA) is 122 Å². The highest BCUT2D eigenvalue weighted by Crippen LogP contribution is 2.33. The number of carbonyl (C=O) groups excluding carboxylic acids is 1.